The molecule has 1 heterocycles. The predicted molar refractivity (Wildman–Crippen MR) is 69.2 cm³/mol. The van der Waals surface area contributed by atoms with Crippen molar-refractivity contribution in [1.82, 2.24) is 5.32 Å². The Morgan fingerprint density at radius 3 is 2.50 bits per heavy atom. The van der Waals surface area contributed by atoms with E-state index in [2.05, 4.69) is 17.4 Å². The van der Waals surface area contributed by atoms with Crippen molar-refractivity contribution < 1.29 is 5.11 Å². The van der Waals surface area contributed by atoms with E-state index in [1.54, 1.807) is 0 Å². The molecule has 2 nitrogen and oxygen atoms in total. The number of benzene rings is 1. The maximum Gasteiger partial charge on any atom is 0.0764 e. The summed E-state index contributed by atoms with van der Waals surface area (Å²) in [6.07, 6.45) is 2.02. The van der Waals surface area contributed by atoms with Gasteiger partial charge in [-0.05, 0) is 49.9 Å². The summed E-state index contributed by atoms with van der Waals surface area (Å²) in [6.45, 7) is 4.04. The summed E-state index contributed by atoms with van der Waals surface area (Å²) in [5, 5.41) is 13.1. The quantitative estimate of drug-likeness (QED) is 0.835. The van der Waals surface area contributed by atoms with Gasteiger partial charge in [0.25, 0.3) is 0 Å². The zero-order chi connectivity index (χ0) is 10.7. The van der Waals surface area contributed by atoms with E-state index in [0.717, 1.165) is 18.7 Å². The molecule has 1 aliphatic heterocycles. The maximum atomic E-state index is 9.72. The fourth-order valence-corrected chi connectivity index (χ4v) is 2.40. The second-order valence-electron chi connectivity index (χ2n) is 4.33. The minimum Gasteiger partial charge on any atom is -0.389 e. The molecule has 0 amide bonds. The molecule has 0 bridgehead atoms. The Morgan fingerprint density at radius 2 is 1.88 bits per heavy atom. The maximum absolute atomic E-state index is 9.72. The molecule has 0 aromatic heterocycles. The lowest BCUT2D eigenvalue weighted by molar-refractivity contribution is 0.197. The first kappa shape index (κ1) is 13.5. The molecule has 90 valence electrons. The van der Waals surface area contributed by atoms with Crippen LogP contribution in [-0.4, -0.2) is 18.2 Å². The molecule has 1 fully saturated rings. The Hall–Kier alpha value is -0.570. The third-order valence-electron chi connectivity index (χ3n) is 3.23. The molecule has 1 aromatic rings. The highest BCUT2D eigenvalue weighted by Gasteiger charge is 2.19. The van der Waals surface area contributed by atoms with E-state index in [1.807, 2.05) is 19.1 Å². The second kappa shape index (κ2) is 6.24. The minimum absolute atomic E-state index is 0. The van der Waals surface area contributed by atoms with Crippen LogP contribution in [0.1, 0.15) is 42.9 Å². The highest BCUT2D eigenvalue weighted by Crippen LogP contribution is 2.30. The van der Waals surface area contributed by atoms with Crippen LogP contribution in [0.15, 0.2) is 24.3 Å². The SMILES string of the molecule is C[C@@H](O)c1ccccc1C1CCNCC1.Cl. The molecule has 0 spiro atoms. The van der Waals surface area contributed by atoms with Gasteiger partial charge in [-0.3, -0.25) is 0 Å². The van der Waals surface area contributed by atoms with Crippen LogP contribution in [0, 0.1) is 0 Å². The molecule has 1 saturated heterocycles. The number of hydrogen-bond donors (Lipinski definition) is 2. The molecule has 2 N–H and O–H groups in total. The van der Waals surface area contributed by atoms with Gasteiger partial charge in [-0.1, -0.05) is 24.3 Å². The Kier molecular flexibility index (Phi) is 5.26. The fraction of sp³-hybridized carbons (Fsp3) is 0.538. The van der Waals surface area contributed by atoms with Gasteiger partial charge in [-0.25, -0.2) is 0 Å². The van der Waals surface area contributed by atoms with Gasteiger partial charge in [-0.15, -0.1) is 12.4 Å². The van der Waals surface area contributed by atoms with Crippen LogP contribution < -0.4 is 5.32 Å². The number of halogens is 1. The third-order valence-corrected chi connectivity index (χ3v) is 3.23. The highest BCUT2D eigenvalue weighted by molar-refractivity contribution is 5.85. The molecule has 0 radical (unpaired) electrons. The first-order chi connectivity index (χ1) is 7.29. The molecule has 1 aliphatic rings. The molecule has 1 aromatic carbocycles. The molecule has 0 aliphatic carbocycles. The van der Waals surface area contributed by atoms with Crippen molar-refractivity contribution in [3.05, 3.63) is 35.4 Å². The highest BCUT2D eigenvalue weighted by atomic mass is 35.5. The average molecular weight is 242 g/mol. The van der Waals surface area contributed by atoms with Crippen molar-refractivity contribution >= 4 is 12.4 Å². The fourth-order valence-electron chi connectivity index (χ4n) is 2.40. The van der Waals surface area contributed by atoms with E-state index < -0.39 is 0 Å². The minimum atomic E-state index is -0.351. The first-order valence-electron chi connectivity index (χ1n) is 5.76. The Morgan fingerprint density at radius 1 is 1.25 bits per heavy atom. The first-order valence-corrected chi connectivity index (χ1v) is 5.76. The van der Waals surface area contributed by atoms with Crippen LogP contribution in [0.25, 0.3) is 0 Å². The van der Waals surface area contributed by atoms with Gasteiger partial charge in [0, 0.05) is 0 Å². The standard InChI is InChI=1S/C13H19NO.ClH/c1-10(15)12-4-2-3-5-13(12)11-6-8-14-9-7-11;/h2-5,10-11,14-15H,6-9H2,1H3;1H/t10-;/m1./s1. The van der Waals surface area contributed by atoms with E-state index in [4.69, 9.17) is 0 Å². The van der Waals surface area contributed by atoms with E-state index >= 15 is 0 Å². The number of hydrogen-bond acceptors (Lipinski definition) is 2. The van der Waals surface area contributed by atoms with E-state index in [-0.39, 0.29) is 18.5 Å². The van der Waals surface area contributed by atoms with Crippen molar-refractivity contribution in [1.29, 1.82) is 0 Å². The average Bonchev–Trinajstić information content (AvgIpc) is 2.30. The summed E-state index contributed by atoms with van der Waals surface area (Å²) in [4.78, 5) is 0. The molecule has 0 unspecified atom stereocenters. The van der Waals surface area contributed by atoms with Crippen molar-refractivity contribution in [2.45, 2.75) is 31.8 Å². The van der Waals surface area contributed by atoms with Gasteiger partial charge in [0.05, 0.1) is 6.10 Å². The zero-order valence-corrected chi connectivity index (χ0v) is 10.5. The van der Waals surface area contributed by atoms with Crippen molar-refractivity contribution in [3.8, 4) is 0 Å². The van der Waals surface area contributed by atoms with Gasteiger partial charge in [0.15, 0.2) is 0 Å². The summed E-state index contributed by atoms with van der Waals surface area (Å²) in [7, 11) is 0. The van der Waals surface area contributed by atoms with Crippen LogP contribution in [0.2, 0.25) is 0 Å². The Bertz CT molecular complexity index is 321. The van der Waals surface area contributed by atoms with Crippen molar-refractivity contribution in [2.24, 2.45) is 0 Å². The predicted octanol–water partition coefficient (Wildman–Crippen LogP) is 2.63. The number of nitrogens with one attached hydrogen (secondary N) is 1. The number of aliphatic hydroxyl groups is 1. The van der Waals surface area contributed by atoms with Crippen molar-refractivity contribution in [2.75, 3.05) is 13.1 Å². The normalized spacial score (nSPS) is 18.9. The lowest BCUT2D eigenvalue weighted by Gasteiger charge is -2.25. The third kappa shape index (κ3) is 2.97. The zero-order valence-electron chi connectivity index (χ0n) is 9.65. The molecule has 3 heteroatoms. The number of aliphatic hydroxyl groups excluding tert-OH is 1. The van der Waals surface area contributed by atoms with Crippen LogP contribution in [0.3, 0.4) is 0 Å². The lowest BCUT2D eigenvalue weighted by Crippen LogP contribution is -2.27. The van der Waals surface area contributed by atoms with E-state index in [1.165, 1.54) is 18.4 Å². The van der Waals surface area contributed by atoms with Crippen LogP contribution >= 0.6 is 12.4 Å². The summed E-state index contributed by atoms with van der Waals surface area (Å²) in [5.74, 6) is 0.622. The smallest absolute Gasteiger partial charge is 0.0764 e. The van der Waals surface area contributed by atoms with Gasteiger partial charge < -0.3 is 10.4 Å². The van der Waals surface area contributed by atoms with Crippen LogP contribution in [-0.2, 0) is 0 Å². The molecule has 2 rings (SSSR count). The lowest BCUT2D eigenvalue weighted by atomic mass is 9.86. The van der Waals surface area contributed by atoms with E-state index in [0.29, 0.717) is 5.92 Å². The molecular weight excluding hydrogens is 222 g/mol. The van der Waals surface area contributed by atoms with E-state index in [9.17, 15) is 5.11 Å². The largest absolute Gasteiger partial charge is 0.389 e. The van der Waals surface area contributed by atoms with Crippen LogP contribution in [0.5, 0.6) is 0 Å². The second-order valence-corrected chi connectivity index (χ2v) is 4.33. The Labute approximate surface area is 103 Å². The van der Waals surface area contributed by atoms with Crippen molar-refractivity contribution in [3.63, 3.8) is 0 Å². The molecule has 16 heavy (non-hydrogen) atoms. The topological polar surface area (TPSA) is 32.3 Å². The molecule has 0 saturated carbocycles. The summed E-state index contributed by atoms with van der Waals surface area (Å²) < 4.78 is 0. The molecule has 1 atom stereocenters. The van der Waals surface area contributed by atoms with Crippen LogP contribution in [0.4, 0.5) is 0 Å². The molecular formula is C13H20ClNO. The van der Waals surface area contributed by atoms with Gasteiger partial charge in [-0.2, -0.15) is 0 Å². The van der Waals surface area contributed by atoms with Gasteiger partial charge in [0.2, 0.25) is 0 Å². The number of piperidine rings is 1. The van der Waals surface area contributed by atoms with Gasteiger partial charge in [0.1, 0.15) is 0 Å². The summed E-state index contributed by atoms with van der Waals surface area (Å²) >= 11 is 0. The monoisotopic (exact) mass is 241 g/mol. The Balaban J connectivity index is 0.00000128. The van der Waals surface area contributed by atoms with Gasteiger partial charge >= 0.3 is 0 Å². The summed E-state index contributed by atoms with van der Waals surface area (Å²) in [6, 6.07) is 8.29. The summed E-state index contributed by atoms with van der Waals surface area (Å²) in [5.41, 5.74) is 2.44. The number of rotatable bonds is 2.